The zero-order valence-electron chi connectivity index (χ0n) is 16.3. The topological polar surface area (TPSA) is 101 Å². The van der Waals surface area contributed by atoms with Crippen molar-refractivity contribution in [2.75, 3.05) is 11.9 Å². The van der Waals surface area contributed by atoms with Crippen LogP contribution in [0.2, 0.25) is 0 Å². The van der Waals surface area contributed by atoms with Gasteiger partial charge >= 0.3 is 0 Å². The molecule has 2 aromatic heterocycles. The molecule has 0 spiro atoms. The van der Waals surface area contributed by atoms with Crippen molar-refractivity contribution in [2.24, 2.45) is 0 Å². The SMILES string of the molecule is Cc1sc2nc(CCCC(=O)Nc3ccc4c(c3)C(=O)CCO4)[nH]c(=O)c2c1C. The van der Waals surface area contributed by atoms with Gasteiger partial charge < -0.3 is 15.0 Å². The molecule has 29 heavy (non-hydrogen) atoms. The molecule has 0 fully saturated rings. The van der Waals surface area contributed by atoms with Gasteiger partial charge in [-0.3, -0.25) is 14.4 Å². The first-order valence-electron chi connectivity index (χ1n) is 9.51. The maximum absolute atomic E-state index is 12.3. The van der Waals surface area contributed by atoms with Gasteiger partial charge in [-0.15, -0.1) is 11.3 Å². The first kappa shape index (κ1) is 19.3. The highest BCUT2D eigenvalue weighted by Gasteiger charge is 2.19. The lowest BCUT2D eigenvalue weighted by molar-refractivity contribution is -0.116. The summed E-state index contributed by atoms with van der Waals surface area (Å²) in [7, 11) is 0. The molecule has 0 radical (unpaired) electrons. The number of carbonyl (C=O) groups excluding carboxylic acids is 2. The lowest BCUT2D eigenvalue weighted by atomic mass is 10.0. The van der Waals surface area contributed by atoms with Gasteiger partial charge in [-0.1, -0.05) is 0 Å². The number of amides is 1. The van der Waals surface area contributed by atoms with Crippen molar-refractivity contribution in [2.45, 2.75) is 39.5 Å². The van der Waals surface area contributed by atoms with Crippen molar-refractivity contribution < 1.29 is 14.3 Å². The third-order valence-corrected chi connectivity index (χ3v) is 6.16. The minimum atomic E-state index is -0.152. The summed E-state index contributed by atoms with van der Waals surface area (Å²) in [6.07, 6.45) is 1.69. The fourth-order valence-electron chi connectivity index (χ4n) is 3.40. The van der Waals surface area contributed by atoms with E-state index in [9.17, 15) is 14.4 Å². The molecule has 1 aliphatic heterocycles. The normalized spacial score (nSPS) is 13.2. The lowest BCUT2D eigenvalue weighted by Crippen LogP contribution is -2.17. The first-order chi connectivity index (χ1) is 13.9. The van der Waals surface area contributed by atoms with Gasteiger partial charge in [-0.25, -0.2) is 4.98 Å². The van der Waals surface area contributed by atoms with Gasteiger partial charge in [0.05, 0.1) is 17.6 Å². The predicted molar refractivity (Wildman–Crippen MR) is 112 cm³/mol. The van der Waals surface area contributed by atoms with Gasteiger partial charge in [-0.2, -0.15) is 0 Å². The molecular weight excluding hydrogens is 390 g/mol. The first-order valence-corrected chi connectivity index (χ1v) is 10.3. The van der Waals surface area contributed by atoms with E-state index in [2.05, 4.69) is 15.3 Å². The Labute approximate surface area is 171 Å². The van der Waals surface area contributed by atoms with Crippen LogP contribution in [0.15, 0.2) is 23.0 Å². The highest BCUT2D eigenvalue weighted by atomic mass is 32.1. The fourth-order valence-corrected chi connectivity index (χ4v) is 4.45. The molecular formula is C21H21N3O4S. The van der Waals surface area contributed by atoms with E-state index in [0.717, 1.165) is 15.3 Å². The lowest BCUT2D eigenvalue weighted by Gasteiger charge is -2.17. The summed E-state index contributed by atoms with van der Waals surface area (Å²) in [5.41, 5.74) is 1.92. The van der Waals surface area contributed by atoms with Crippen molar-refractivity contribution in [1.82, 2.24) is 9.97 Å². The van der Waals surface area contributed by atoms with Gasteiger partial charge in [0.2, 0.25) is 5.91 Å². The van der Waals surface area contributed by atoms with Crippen LogP contribution in [0.4, 0.5) is 5.69 Å². The number of benzene rings is 1. The number of H-pyrrole nitrogens is 1. The summed E-state index contributed by atoms with van der Waals surface area (Å²) >= 11 is 1.51. The number of hydrogen-bond acceptors (Lipinski definition) is 6. The van der Waals surface area contributed by atoms with Crippen LogP contribution in [-0.2, 0) is 11.2 Å². The standard InChI is InChI=1S/C21H21N3O4S/c1-11-12(2)29-21-19(11)20(27)23-17(24-21)4-3-5-18(26)22-13-6-7-16-14(10-13)15(25)8-9-28-16/h6-7,10H,3-5,8-9H2,1-2H3,(H,22,26)(H,23,24,27). The Morgan fingerprint density at radius 3 is 2.97 bits per heavy atom. The van der Waals surface area contributed by atoms with Crippen LogP contribution in [0, 0.1) is 13.8 Å². The Hall–Kier alpha value is -3.00. The number of aryl methyl sites for hydroxylation is 3. The van der Waals surface area contributed by atoms with Crippen LogP contribution in [0.3, 0.4) is 0 Å². The zero-order valence-corrected chi connectivity index (χ0v) is 17.1. The summed E-state index contributed by atoms with van der Waals surface area (Å²) in [5, 5.41) is 3.47. The molecule has 0 aliphatic carbocycles. The average Bonchev–Trinajstić information content (AvgIpc) is 2.96. The van der Waals surface area contributed by atoms with Gasteiger partial charge in [-0.05, 0) is 44.0 Å². The molecule has 0 unspecified atom stereocenters. The molecule has 0 atom stereocenters. The molecule has 4 rings (SSSR count). The second-order valence-electron chi connectivity index (χ2n) is 7.11. The number of nitrogens with one attached hydrogen (secondary N) is 2. The minimum Gasteiger partial charge on any atom is -0.492 e. The Kier molecular flexibility index (Phi) is 5.19. The number of Topliss-reactive ketones (excluding diaryl/α,β-unsaturated/α-hetero) is 1. The van der Waals surface area contributed by atoms with Crippen molar-refractivity contribution in [3.63, 3.8) is 0 Å². The second-order valence-corrected chi connectivity index (χ2v) is 8.31. The molecule has 150 valence electrons. The number of aromatic nitrogens is 2. The van der Waals surface area contributed by atoms with E-state index in [1.165, 1.54) is 11.3 Å². The van der Waals surface area contributed by atoms with E-state index in [0.29, 0.717) is 54.1 Å². The van der Waals surface area contributed by atoms with E-state index >= 15 is 0 Å². The summed E-state index contributed by atoms with van der Waals surface area (Å²) in [6.45, 7) is 4.30. The van der Waals surface area contributed by atoms with Crippen molar-refractivity contribution in [3.05, 3.63) is 50.4 Å². The fraction of sp³-hybridized carbons (Fsp3) is 0.333. The van der Waals surface area contributed by atoms with Crippen LogP contribution in [0.1, 0.15) is 45.9 Å². The van der Waals surface area contributed by atoms with Gasteiger partial charge in [0.1, 0.15) is 16.4 Å². The summed E-state index contributed by atoms with van der Waals surface area (Å²) < 4.78 is 5.45. The molecule has 0 saturated carbocycles. The number of rotatable bonds is 5. The number of thiophene rings is 1. The van der Waals surface area contributed by atoms with Crippen LogP contribution in [0.5, 0.6) is 5.75 Å². The second kappa shape index (κ2) is 7.79. The van der Waals surface area contributed by atoms with E-state index in [1.54, 1.807) is 18.2 Å². The molecule has 3 heterocycles. The third-order valence-electron chi connectivity index (χ3n) is 5.06. The number of fused-ring (bicyclic) bond motifs is 2. The van der Waals surface area contributed by atoms with Crippen LogP contribution in [0.25, 0.3) is 10.2 Å². The molecule has 8 heteroatoms. The molecule has 2 N–H and O–H groups in total. The van der Waals surface area contributed by atoms with Crippen molar-refractivity contribution in [3.8, 4) is 5.75 Å². The quantitative estimate of drug-likeness (QED) is 0.669. The Morgan fingerprint density at radius 2 is 2.14 bits per heavy atom. The molecule has 3 aromatic rings. The zero-order chi connectivity index (χ0) is 20.5. The van der Waals surface area contributed by atoms with E-state index < -0.39 is 0 Å². The molecule has 0 bridgehead atoms. The van der Waals surface area contributed by atoms with E-state index in [4.69, 9.17) is 4.74 Å². The molecule has 0 saturated heterocycles. The number of aromatic amines is 1. The van der Waals surface area contributed by atoms with Crippen molar-refractivity contribution in [1.29, 1.82) is 0 Å². The number of ketones is 1. The van der Waals surface area contributed by atoms with Gasteiger partial charge in [0.25, 0.3) is 5.56 Å². The maximum atomic E-state index is 12.3. The summed E-state index contributed by atoms with van der Waals surface area (Å²) in [6, 6.07) is 5.09. The Morgan fingerprint density at radius 1 is 1.31 bits per heavy atom. The minimum absolute atomic E-state index is 0.0202. The molecule has 1 aromatic carbocycles. The highest BCUT2D eigenvalue weighted by molar-refractivity contribution is 7.18. The molecule has 1 amide bonds. The number of ether oxygens (including phenoxy) is 1. The van der Waals surface area contributed by atoms with Crippen LogP contribution in [-0.4, -0.2) is 28.3 Å². The maximum Gasteiger partial charge on any atom is 0.259 e. The number of anilines is 1. The Bertz CT molecular complexity index is 1180. The third kappa shape index (κ3) is 3.93. The van der Waals surface area contributed by atoms with Gasteiger partial charge in [0.15, 0.2) is 5.78 Å². The largest absolute Gasteiger partial charge is 0.492 e. The molecule has 1 aliphatic rings. The van der Waals surface area contributed by atoms with Gasteiger partial charge in [0, 0.05) is 29.8 Å². The highest BCUT2D eigenvalue weighted by Crippen LogP contribution is 2.28. The average molecular weight is 411 g/mol. The van der Waals surface area contributed by atoms with Crippen LogP contribution < -0.4 is 15.6 Å². The predicted octanol–water partition coefficient (Wildman–Crippen LogP) is 3.53. The Balaban J connectivity index is 1.37. The number of carbonyl (C=O) groups is 2. The smallest absolute Gasteiger partial charge is 0.259 e. The summed E-state index contributed by atoms with van der Waals surface area (Å²) in [5.74, 6) is 1.02. The van der Waals surface area contributed by atoms with Crippen molar-refractivity contribution >= 4 is 38.9 Å². The van der Waals surface area contributed by atoms with Crippen LogP contribution >= 0.6 is 11.3 Å². The van der Waals surface area contributed by atoms with E-state index in [-0.39, 0.29) is 23.7 Å². The summed E-state index contributed by atoms with van der Waals surface area (Å²) in [4.78, 5) is 45.7. The monoisotopic (exact) mass is 411 g/mol. The number of nitrogens with zero attached hydrogens (tertiary/aromatic N) is 1. The van der Waals surface area contributed by atoms with E-state index in [1.807, 2.05) is 13.8 Å². The molecule has 7 nitrogen and oxygen atoms in total. The number of hydrogen-bond donors (Lipinski definition) is 2.